The van der Waals surface area contributed by atoms with E-state index in [0.717, 1.165) is 46.3 Å². The molecular weight excluding hydrogens is 727 g/mol. The molecule has 1 aliphatic carbocycles. The van der Waals surface area contributed by atoms with Crippen molar-refractivity contribution in [1.82, 2.24) is 8.88 Å². The van der Waals surface area contributed by atoms with E-state index in [1.165, 1.54) is 22.0 Å². The van der Waals surface area contributed by atoms with Gasteiger partial charge in [0.05, 0.1) is 21.8 Å². The normalized spacial score (nSPS) is 17.6. The van der Waals surface area contributed by atoms with E-state index in [4.69, 9.17) is 4.42 Å². The van der Waals surface area contributed by atoms with Crippen LogP contribution in [0.1, 0.15) is 24.0 Å². The third-order valence-corrected chi connectivity index (χ3v) is 13.8. The van der Waals surface area contributed by atoms with Crippen molar-refractivity contribution < 1.29 is 35.7 Å². The summed E-state index contributed by atoms with van der Waals surface area (Å²) in [5, 5.41) is 11.1. The number of carboxylic acids is 1. The highest BCUT2D eigenvalue weighted by Crippen LogP contribution is 2.45. The Labute approximate surface area is 312 Å². The second-order valence-corrected chi connectivity index (χ2v) is 17.4. The van der Waals surface area contributed by atoms with E-state index in [0.29, 0.717) is 41.0 Å². The van der Waals surface area contributed by atoms with E-state index >= 15 is 0 Å². The number of para-hydroxylation sites is 1. The van der Waals surface area contributed by atoms with Gasteiger partial charge in [-0.05, 0) is 67.3 Å². The number of nitrogens with zero attached hydrogens (tertiary/aromatic N) is 3. The highest BCUT2D eigenvalue weighted by molar-refractivity contribution is 7.89. The van der Waals surface area contributed by atoms with E-state index in [1.54, 1.807) is 18.2 Å². The highest BCUT2D eigenvalue weighted by Gasteiger charge is 2.35. The second-order valence-electron chi connectivity index (χ2n) is 14.0. The van der Waals surface area contributed by atoms with Crippen LogP contribution in [0.4, 0.5) is 17.1 Å². The van der Waals surface area contributed by atoms with E-state index in [9.17, 15) is 31.3 Å². The first-order valence-corrected chi connectivity index (χ1v) is 20.7. The predicted octanol–water partition coefficient (Wildman–Crippen LogP) is 6.29. The number of carbonyl (C=O) groups is 1. The Morgan fingerprint density at radius 1 is 0.778 bits per heavy atom. The van der Waals surface area contributed by atoms with Gasteiger partial charge >= 0.3 is 5.97 Å². The minimum atomic E-state index is -4.35. The number of anilines is 2. The summed E-state index contributed by atoms with van der Waals surface area (Å²) in [6.45, 7) is 1.62. The zero-order chi connectivity index (χ0) is 37.4. The number of aliphatic carboxylic acids is 1. The number of fused-ring (bicyclic) bond motifs is 4. The third-order valence-electron chi connectivity index (χ3n) is 11.0. The quantitative estimate of drug-likeness (QED) is 0.114. The third kappa shape index (κ3) is 5.79. The van der Waals surface area contributed by atoms with Crippen LogP contribution in [0, 0.1) is 5.92 Å². The zero-order valence-corrected chi connectivity index (χ0v) is 30.7. The molecule has 11 nitrogen and oxygen atoms in total. The van der Waals surface area contributed by atoms with Gasteiger partial charge in [-0.3, -0.25) is 9.35 Å². The number of carboxylic acid groups (broad SMARTS) is 1. The summed E-state index contributed by atoms with van der Waals surface area (Å²) in [6, 6.07) is 31.7. The van der Waals surface area contributed by atoms with Crippen LogP contribution < -0.4 is 14.8 Å². The summed E-state index contributed by atoms with van der Waals surface area (Å²) in [7, 11) is -8.37. The molecule has 2 N–H and O–H groups in total. The molecule has 0 atom stereocenters. The Hall–Kier alpha value is -5.34. The Morgan fingerprint density at radius 2 is 1.56 bits per heavy atom. The summed E-state index contributed by atoms with van der Waals surface area (Å²) < 4.78 is 72.3. The Balaban J connectivity index is 1.24. The topological polar surface area (TPSA) is 148 Å². The van der Waals surface area contributed by atoms with Gasteiger partial charge in [0.15, 0.2) is 6.54 Å². The number of benzene rings is 5. The summed E-state index contributed by atoms with van der Waals surface area (Å²) >= 11 is 0. The van der Waals surface area contributed by atoms with Crippen molar-refractivity contribution in [2.24, 2.45) is 5.92 Å². The van der Waals surface area contributed by atoms with Crippen molar-refractivity contribution in [3.05, 3.63) is 120 Å². The number of rotatable bonds is 6. The summed E-state index contributed by atoms with van der Waals surface area (Å²) in [5.41, 5.74) is 7.45. The minimum Gasteiger partial charge on any atom is -0.481 e. The maximum absolute atomic E-state index is 14.4. The molecule has 0 saturated carbocycles. The SMILES string of the molecule is O=C(O)C1CCN(S(=O)(=O)c2ccccc2-c2c3ccc(=[N+]4CCc5cc(S(=O)(=O)O)ccc54)cc-3oc3cc(N4CCc5ccccc54)ccc23)CC1. The molecule has 9 rings (SSSR count). The maximum atomic E-state index is 14.4. The largest absolute Gasteiger partial charge is 0.481 e. The fourth-order valence-corrected chi connectivity index (χ4v) is 10.5. The lowest BCUT2D eigenvalue weighted by atomic mass is 9.93. The first-order valence-electron chi connectivity index (χ1n) is 17.9. The fourth-order valence-electron chi connectivity index (χ4n) is 8.29. The van der Waals surface area contributed by atoms with Crippen LogP contribution in [-0.2, 0) is 37.8 Å². The fraction of sp³-hybridized carbons (Fsp3) is 0.220. The molecule has 13 heteroatoms. The molecule has 1 fully saturated rings. The molecule has 4 aromatic carbocycles. The molecule has 0 spiro atoms. The van der Waals surface area contributed by atoms with Gasteiger partial charge in [0, 0.05) is 83.3 Å². The molecule has 0 amide bonds. The zero-order valence-electron chi connectivity index (χ0n) is 29.1. The van der Waals surface area contributed by atoms with Crippen molar-refractivity contribution in [3.63, 3.8) is 0 Å². The van der Waals surface area contributed by atoms with E-state index < -0.39 is 32.0 Å². The molecule has 4 aromatic rings. The van der Waals surface area contributed by atoms with Crippen LogP contribution in [0.2, 0.25) is 0 Å². The van der Waals surface area contributed by atoms with Gasteiger partial charge in [-0.15, -0.1) is 0 Å². The minimum absolute atomic E-state index is 0.117. The van der Waals surface area contributed by atoms with Gasteiger partial charge in [-0.1, -0.05) is 36.4 Å². The van der Waals surface area contributed by atoms with E-state index in [1.807, 2.05) is 60.7 Å². The van der Waals surface area contributed by atoms with Crippen molar-refractivity contribution in [2.45, 2.75) is 35.5 Å². The molecule has 5 aliphatic rings. The smallest absolute Gasteiger partial charge is 0.306 e. The highest BCUT2D eigenvalue weighted by atomic mass is 32.2. The molecule has 4 heterocycles. The lowest BCUT2D eigenvalue weighted by Crippen LogP contribution is -2.40. The molecule has 4 aliphatic heterocycles. The number of sulfonamides is 1. The van der Waals surface area contributed by atoms with Crippen LogP contribution in [0.3, 0.4) is 0 Å². The van der Waals surface area contributed by atoms with Crippen LogP contribution in [0.25, 0.3) is 33.4 Å². The van der Waals surface area contributed by atoms with Gasteiger partial charge in [0.2, 0.25) is 21.1 Å². The summed E-state index contributed by atoms with van der Waals surface area (Å²) in [5.74, 6) is -0.949. The summed E-state index contributed by atoms with van der Waals surface area (Å²) in [4.78, 5) is 13.9. The Kier molecular flexibility index (Phi) is 8.23. The number of hydrogen-bond donors (Lipinski definition) is 2. The van der Waals surface area contributed by atoms with Crippen molar-refractivity contribution >= 4 is 54.1 Å². The van der Waals surface area contributed by atoms with E-state index in [2.05, 4.69) is 21.6 Å². The molecule has 274 valence electrons. The van der Waals surface area contributed by atoms with Gasteiger partial charge in [0.1, 0.15) is 11.3 Å². The van der Waals surface area contributed by atoms with Crippen molar-refractivity contribution in [1.29, 1.82) is 0 Å². The number of hydrogen-bond acceptors (Lipinski definition) is 7. The Morgan fingerprint density at radius 3 is 2.35 bits per heavy atom. The Bertz CT molecular complexity index is 2790. The van der Waals surface area contributed by atoms with Gasteiger partial charge in [0.25, 0.3) is 10.1 Å². The molecule has 0 unspecified atom stereocenters. The number of piperidine rings is 1. The van der Waals surface area contributed by atoms with Crippen LogP contribution in [0.5, 0.6) is 0 Å². The average molecular weight is 763 g/mol. The van der Waals surface area contributed by atoms with Crippen LogP contribution in [0.15, 0.2) is 117 Å². The first kappa shape index (κ1) is 34.4. The molecule has 1 saturated heterocycles. The van der Waals surface area contributed by atoms with Crippen molar-refractivity contribution in [3.8, 4) is 22.5 Å². The molecule has 0 bridgehead atoms. The average Bonchev–Trinajstić information content (AvgIpc) is 3.81. The molecule has 0 aromatic heterocycles. The van der Waals surface area contributed by atoms with Crippen LogP contribution in [-0.4, -0.2) is 62.9 Å². The second kappa shape index (κ2) is 12.9. The molecular formula is C41H36N3O8S2+. The lowest BCUT2D eigenvalue weighted by molar-refractivity contribution is -0.142. The first-order chi connectivity index (χ1) is 26.0. The van der Waals surface area contributed by atoms with Gasteiger partial charge in [-0.25, -0.2) is 8.42 Å². The van der Waals surface area contributed by atoms with E-state index in [-0.39, 0.29) is 35.7 Å². The molecule has 0 radical (unpaired) electrons. The van der Waals surface area contributed by atoms with Gasteiger partial charge in [-0.2, -0.15) is 17.3 Å². The maximum Gasteiger partial charge on any atom is 0.306 e. The van der Waals surface area contributed by atoms with Gasteiger partial charge < -0.3 is 14.4 Å². The standard InChI is InChI=1S/C41H35N3O8S2/c45-41(46)27-15-19-42(20-16-27)53(47,48)39-8-4-2-6-34(39)40-32-12-9-29(43-21-17-26-5-1-3-7-35(26)43)24-37(32)52-38-25-30(10-13-33(38)40)44-22-18-28-23-31(54(49,50)51)11-14-36(28)44/h1-14,23-25,27H,15-22H2,(H-,45,46,49,50,51)/p+1. The molecule has 54 heavy (non-hydrogen) atoms. The monoisotopic (exact) mass is 762 g/mol. The van der Waals surface area contributed by atoms with Crippen molar-refractivity contribution in [2.75, 3.05) is 31.1 Å². The summed E-state index contributed by atoms with van der Waals surface area (Å²) in [6.07, 6.45) is 1.98. The van der Waals surface area contributed by atoms with Crippen LogP contribution >= 0.6 is 0 Å². The predicted molar refractivity (Wildman–Crippen MR) is 204 cm³/mol. The lowest BCUT2D eigenvalue weighted by Gasteiger charge is -2.30.